The molecule has 0 saturated carbocycles. The monoisotopic (exact) mass is 620 g/mol. The van der Waals surface area contributed by atoms with E-state index >= 15 is 0 Å². The first-order chi connectivity index (χ1) is 19.6. The fraction of sp³-hybridized carbons (Fsp3) is 0.161. The number of alkyl halides is 3. The van der Waals surface area contributed by atoms with E-state index in [0.29, 0.717) is 11.1 Å². The molecule has 2 fully saturated rings. The normalized spacial score (nSPS) is 23.4. The van der Waals surface area contributed by atoms with Crippen LogP contribution in [0.1, 0.15) is 26.3 Å². The molecule has 6 rings (SSSR count). The van der Waals surface area contributed by atoms with Crippen molar-refractivity contribution in [2.24, 2.45) is 11.8 Å². The molecule has 6 nitrogen and oxygen atoms in total. The third-order valence-electron chi connectivity index (χ3n) is 7.68. The van der Waals surface area contributed by atoms with Gasteiger partial charge in [-0.15, -0.1) is 0 Å². The van der Waals surface area contributed by atoms with Gasteiger partial charge in [-0.1, -0.05) is 70.5 Å². The Labute approximate surface area is 240 Å². The molecule has 3 aromatic carbocycles. The number of hydrogen-bond donors (Lipinski definition) is 0. The van der Waals surface area contributed by atoms with Crippen molar-refractivity contribution < 1.29 is 32.3 Å². The lowest BCUT2D eigenvalue weighted by Crippen LogP contribution is -2.46. The summed E-state index contributed by atoms with van der Waals surface area (Å²) in [7, 11) is 0. The smallest absolute Gasteiger partial charge is 0.359 e. The van der Waals surface area contributed by atoms with Gasteiger partial charge in [0, 0.05) is 27.4 Å². The Bertz CT molecular complexity index is 1650. The summed E-state index contributed by atoms with van der Waals surface area (Å²) in [5.41, 5.74) is -0.215. The predicted octanol–water partition coefficient (Wildman–Crippen LogP) is 5.85. The van der Waals surface area contributed by atoms with Crippen LogP contribution in [0.2, 0.25) is 0 Å². The van der Waals surface area contributed by atoms with Crippen molar-refractivity contribution in [2.75, 3.05) is 4.90 Å². The van der Waals surface area contributed by atoms with Crippen molar-refractivity contribution in [1.82, 2.24) is 4.90 Å². The zero-order valence-electron chi connectivity index (χ0n) is 21.1. The Morgan fingerprint density at radius 3 is 2.17 bits per heavy atom. The standard InChI is InChI=1S/C31H20BrF3N2O4/c32-21-11-9-18(10-12-21)28(39)26-25-24(23-15-19(13-14-36(23)26)27(38)17-5-2-1-3-6-17)29(40)37(30(25)41)22-8-4-7-20(16-22)31(33,34)35/h1-16,23-26H/t23-,24-,25-,26+/m0/s1. The first kappa shape index (κ1) is 26.9. The molecule has 206 valence electrons. The van der Waals surface area contributed by atoms with Gasteiger partial charge in [-0.25, -0.2) is 4.90 Å². The minimum atomic E-state index is -4.68. The Hall–Kier alpha value is -4.31. The number of nitrogens with zero attached hydrogens (tertiary/aromatic N) is 2. The summed E-state index contributed by atoms with van der Waals surface area (Å²) < 4.78 is 41.1. The minimum absolute atomic E-state index is 0.221. The van der Waals surface area contributed by atoms with E-state index in [0.717, 1.165) is 27.6 Å². The van der Waals surface area contributed by atoms with Crippen LogP contribution in [0.5, 0.6) is 0 Å². The van der Waals surface area contributed by atoms with E-state index in [9.17, 15) is 32.3 Å². The molecule has 3 aliphatic rings. The Morgan fingerprint density at radius 1 is 0.805 bits per heavy atom. The van der Waals surface area contributed by atoms with Crippen LogP contribution < -0.4 is 4.90 Å². The molecule has 3 aliphatic heterocycles. The second kappa shape index (κ2) is 9.95. The van der Waals surface area contributed by atoms with Crippen LogP contribution in [0, 0.1) is 11.8 Å². The lowest BCUT2D eigenvalue weighted by molar-refractivity contribution is -0.137. The summed E-state index contributed by atoms with van der Waals surface area (Å²) in [6.07, 6.45) is -0.00904. The molecule has 41 heavy (non-hydrogen) atoms. The third kappa shape index (κ3) is 4.52. The number of imide groups is 1. The van der Waals surface area contributed by atoms with Gasteiger partial charge in [-0.2, -0.15) is 13.2 Å². The molecule has 0 bridgehead atoms. The molecule has 0 unspecified atom stereocenters. The summed E-state index contributed by atoms with van der Waals surface area (Å²) in [6.45, 7) is 0. The SMILES string of the molecule is O=C(C1=C[C@H]2[C@@H]3C(=O)N(c4cccc(C(F)(F)F)c4)C(=O)[C@@H]3[C@H](C(=O)c3ccc(Br)cc3)N2C=C1)c1ccccc1. The molecule has 0 radical (unpaired) electrons. The summed E-state index contributed by atoms with van der Waals surface area (Å²) in [5.74, 6) is -4.47. The van der Waals surface area contributed by atoms with E-state index in [1.165, 1.54) is 6.07 Å². The lowest BCUT2D eigenvalue weighted by atomic mass is 9.85. The van der Waals surface area contributed by atoms with Crippen LogP contribution in [0.15, 0.2) is 107 Å². The molecular formula is C31H20BrF3N2O4. The Kier molecular flexibility index (Phi) is 6.53. The highest BCUT2D eigenvalue weighted by Gasteiger charge is 2.63. The average molecular weight is 621 g/mol. The zero-order chi connectivity index (χ0) is 29.1. The van der Waals surface area contributed by atoms with Crippen LogP contribution in [-0.2, 0) is 15.8 Å². The molecule has 0 spiro atoms. The number of carbonyl (C=O) groups excluding carboxylic acids is 4. The van der Waals surface area contributed by atoms with Gasteiger partial charge in [0.25, 0.3) is 0 Å². The molecule has 3 aromatic rings. The number of hydrogen-bond acceptors (Lipinski definition) is 5. The first-order valence-electron chi connectivity index (χ1n) is 12.7. The fourth-order valence-corrected chi connectivity index (χ4v) is 6.08. The molecule has 2 amide bonds. The lowest BCUT2D eigenvalue weighted by Gasteiger charge is -2.33. The van der Waals surface area contributed by atoms with E-state index < -0.39 is 53.3 Å². The van der Waals surface area contributed by atoms with Crippen LogP contribution in [0.3, 0.4) is 0 Å². The maximum absolute atomic E-state index is 13.9. The highest BCUT2D eigenvalue weighted by atomic mass is 79.9. The van der Waals surface area contributed by atoms with Crippen LogP contribution in [0.4, 0.5) is 18.9 Å². The number of allylic oxidation sites excluding steroid dienone is 2. The second-order valence-electron chi connectivity index (χ2n) is 10.00. The fourth-order valence-electron chi connectivity index (χ4n) is 5.81. The van der Waals surface area contributed by atoms with Crippen molar-refractivity contribution in [3.8, 4) is 0 Å². The van der Waals surface area contributed by atoms with Crippen molar-refractivity contribution in [3.05, 3.63) is 124 Å². The number of amides is 2. The third-order valence-corrected chi connectivity index (χ3v) is 8.20. The van der Waals surface area contributed by atoms with Gasteiger partial charge in [0.15, 0.2) is 11.6 Å². The average Bonchev–Trinajstić information content (AvgIpc) is 3.44. The van der Waals surface area contributed by atoms with Gasteiger partial charge in [0.05, 0.1) is 29.1 Å². The number of benzene rings is 3. The number of ketones is 2. The quantitative estimate of drug-likeness (QED) is 0.264. The molecule has 10 heteroatoms. The first-order valence-corrected chi connectivity index (χ1v) is 13.5. The molecule has 0 aromatic heterocycles. The van der Waals surface area contributed by atoms with Gasteiger partial charge in [-0.05, 0) is 36.4 Å². The van der Waals surface area contributed by atoms with Crippen molar-refractivity contribution in [1.29, 1.82) is 0 Å². The van der Waals surface area contributed by atoms with E-state index in [2.05, 4.69) is 15.9 Å². The van der Waals surface area contributed by atoms with Gasteiger partial charge in [-0.3, -0.25) is 19.2 Å². The highest BCUT2D eigenvalue weighted by Crippen LogP contribution is 2.47. The predicted molar refractivity (Wildman–Crippen MR) is 147 cm³/mol. The maximum Gasteiger partial charge on any atom is 0.416 e. The number of halogens is 4. The number of anilines is 1. The van der Waals surface area contributed by atoms with Crippen molar-refractivity contribution in [3.63, 3.8) is 0 Å². The number of fused-ring (bicyclic) bond motifs is 3. The van der Waals surface area contributed by atoms with Crippen LogP contribution in [-0.4, -0.2) is 40.4 Å². The Balaban J connectivity index is 1.43. The maximum atomic E-state index is 13.9. The van der Waals surface area contributed by atoms with Crippen molar-refractivity contribution >= 4 is 45.0 Å². The van der Waals surface area contributed by atoms with Gasteiger partial charge >= 0.3 is 6.18 Å². The van der Waals surface area contributed by atoms with E-state index in [1.54, 1.807) is 77.8 Å². The summed E-state index contributed by atoms with van der Waals surface area (Å²) in [6, 6.07) is 17.1. The van der Waals surface area contributed by atoms with Crippen LogP contribution in [0.25, 0.3) is 0 Å². The molecule has 4 atom stereocenters. The highest BCUT2D eigenvalue weighted by molar-refractivity contribution is 9.10. The summed E-state index contributed by atoms with van der Waals surface area (Å²) in [4.78, 5) is 57.2. The molecule has 2 saturated heterocycles. The molecule has 0 N–H and O–H groups in total. The van der Waals surface area contributed by atoms with Gasteiger partial charge in [0.1, 0.15) is 6.04 Å². The van der Waals surface area contributed by atoms with E-state index in [4.69, 9.17) is 0 Å². The molecule has 3 heterocycles. The molecule has 0 aliphatic carbocycles. The topological polar surface area (TPSA) is 74.8 Å². The summed E-state index contributed by atoms with van der Waals surface area (Å²) >= 11 is 3.33. The van der Waals surface area contributed by atoms with Gasteiger partial charge < -0.3 is 4.90 Å². The minimum Gasteiger partial charge on any atom is -0.359 e. The summed E-state index contributed by atoms with van der Waals surface area (Å²) in [5, 5.41) is 0. The van der Waals surface area contributed by atoms with Crippen molar-refractivity contribution in [2.45, 2.75) is 18.3 Å². The number of Topliss-reactive ketones (excluding diaryl/α,β-unsaturated/α-hetero) is 2. The zero-order valence-corrected chi connectivity index (χ0v) is 22.7. The van der Waals surface area contributed by atoms with E-state index in [-0.39, 0.29) is 17.0 Å². The Morgan fingerprint density at radius 2 is 1.49 bits per heavy atom. The van der Waals surface area contributed by atoms with Crippen LogP contribution >= 0.6 is 15.9 Å². The number of rotatable bonds is 5. The van der Waals surface area contributed by atoms with E-state index in [1.807, 2.05) is 0 Å². The van der Waals surface area contributed by atoms with Gasteiger partial charge in [0.2, 0.25) is 11.8 Å². The largest absolute Gasteiger partial charge is 0.416 e. The molecular weight excluding hydrogens is 601 g/mol. The second-order valence-corrected chi connectivity index (χ2v) is 10.9. The number of carbonyl (C=O) groups is 4.